The maximum atomic E-state index is 12.8. The highest BCUT2D eigenvalue weighted by Gasteiger charge is 2.33. The molecule has 5 nitrogen and oxygen atoms in total. The summed E-state index contributed by atoms with van der Waals surface area (Å²) in [5.74, 6) is -1.11. The van der Waals surface area contributed by atoms with Crippen LogP contribution in [0.5, 0.6) is 0 Å². The van der Waals surface area contributed by atoms with Crippen LogP contribution in [0.2, 0.25) is 0 Å². The molecule has 0 aliphatic carbocycles. The molecule has 1 aromatic heterocycles. The molecule has 0 radical (unpaired) electrons. The Labute approximate surface area is 135 Å². The van der Waals surface area contributed by atoms with E-state index in [-0.39, 0.29) is 24.3 Å². The number of alkyl halides is 3. The van der Waals surface area contributed by atoms with Crippen molar-refractivity contribution in [3.63, 3.8) is 0 Å². The molecule has 0 unspecified atom stereocenters. The summed E-state index contributed by atoms with van der Waals surface area (Å²) in [4.78, 5) is 23.1. The molecule has 8 heteroatoms. The first-order valence-electron chi connectivity index (χ1n) is 7.00. The summed E-state index contributed by atoms with van der Waals surface area (Å²) in [7, 11) is 0. The fourth-order valence-electron chi connectivity index (χ4n) is 1.93. The van der Waals surface area contributed by atoms with Gasteiger partial charge in [-0.05, 0) is 18.2 Å². The molecule has 0 atom stereocenters. The lowest BCUT2D eigenvalue weighted by molar-refractivity contribution is -0.147. The molecule has 0 spiro atoms. The maximum absolute atomic E-state index is 12.8. The maximum Gasteiger partial charge on any atom is 0.416 e. The van der Waals surface area contributed by atoms with Gasteiger partial charge in [-0.1, -0.05) is 18.2 Å². The number of nitrogens with one attached hydrogen (secondary N) is 1. The van der Waals surface area contributed by atoms with Gasteiger partial charge >= 0.3 is 12.1 Å². The molecular formula is C16H14F3NO4. The lowest BCUT2D eigenvalue weighted by Crippen LogP contribution is -2.26. The van der Waals surface area contributed by atoms with Crippen LogP contribution in [0, 0.1) is 0 Å². The van der Waals surface area contributed by atoms with Crippen molar-refractivity contribution in [1.29, 1.82) is 0 Å². The lowest BCUT2D eigenvalue weighted by atomic mass is 10.1. The van der Waals surface area contributed by atoms with Crippen molar-refractivity contribution in [1.82, 2.24) is 5.32 Å². The molecular weight excluding hydrogens is 327 g/mol. The number of rotatable bonds is 6. The number of halogens is 3. The number of amides is 1. The smallest absolute Gasteiger partial charge is 0.416 e. The molecule has 0 bridgehead atoms. The van der Waals surface area contributed by atoms with Crippen LogP contribution in [-0.4, -0.2) is 18.4 Å². The molecule has 0 saturated carbocycles. The zero-order valence-corrected chi connectivity index (χ0v) is 12.4. The van der Waals surface area contributed by atoms with Crippen molar-refractivity contribution >= 4 is 11.9 Å². The van der Waals surface area contributed by atoms with Crippen LogP contribution in [0.1, 0.15) is 28.1 Å². The van der Waals surface area contributed by atoms with Gasteiger partial charge in [-0.15, -0.1) is 0 Å². The van der Waals surface area contributed by atoms with E-state index in [0.29, 0.717) is 0 Å². The second kappa shape index (κ2) is 7.67. The fraction of sp³-hybridized carbons (Fsp3) is 0.250. The zero-order valence-electron chi connectivity index (χ0n) is 12.4. The van der Waals surface area contributed by atoms with Gasteiger partial charge in [-0.3, -0.25) is 9.59 Å². The van der Waals surface area contributed by atoms with Crippen LogP contribution in [0.25, 0.3) is 0 Å². The van der Waals surface area contributed by atoms with Gasteiger partial charge in [0.1, 0.15) is 6.61 Å². The average molecular weight is 341 g/mol. The number of carbonyl (C=O) groups is 2. The van der Waals surface area contributed by atoms with E-state index < -0.39 is 30.2 Å². The molecule has 0 aliphatic rings. The third-order valence-electron chi connectivity index (χ3n) is 3.07. The van der Waals surface area contributed by atoms with Gasteiger partial charge in [0.15, 0.2) is 5.76 Å². The van der Waals surface area contributed by atoms with Gasteiger partial charge in [0.25, 0.3) is 5.91 Å². The highest BCUT2D eigenvalue weighted by Crippen LogP contribution is 2.32. The standard InChI is InChI=1S/C16H14F3NO4/c17-16(18,19)12-5-2-1-4-11(12)10-24-14(21)7-8-20-15(22)13-6-3-9-23-13/h1-6,9H,7-8,10H2,(H,20,22). The van der Waals surface area contributed by atoms with Gasteiger partial charge in [0.2, 0.25) is 0 Å². The minimum Gasteiger partial charge on any atom is -0.461 e. The Morgan fingerprint density at radius 2 is 1.88 bits per heavy atom. The van der Waals surface area contributed by atoms with Gasteiger partial charge in [0.05, 0.1) is 18.2 Å². The van der Waals surface area contributed by atoms with Crippen molar-refractivity contribution in [2.75, 3.05) is 6.54 Å². The van der Waals surface area contributed by atoms with Crippen LogP contribution in [0.4, 0.5) is 13.2 Å². The van der Waals surface area contributed by atoms with Crippen LogP contribution in [-0.2, 0) is 22.3 Å². The monoisotopic (exact) mass is 341 g/mol. The molecule has 1 N–H and O–H groups in total. The van der Waals surface area contributed by atoms with Gasteiger partial charge in [0, 0.05) is 12.1 Å². The van der Waals surface area contributed by atoms with E-state index in [1.165, 1.54) is 30.5 Å². The van der Waals surface area contributed by atoms with Crippen molar-refractivity contribution in [3.05, 3.63) is 59.5 Å². The molecule has 1 aromatic carbocycles. The minimum atomic E-state index is -4.51. The third-order valence-corrected chi connectivity index (χ3v) is 3.07. The van der Waals surface area contributed by atoms with Gasteiger partial charge in [-0.25, -0.2) is 0 Å². The first-order chi connectivity index (χ1) is 11.4. The van der Waals surface area contributed by atoms with Crippen LogP contribution in [0.3, 0.4) is 0 Å². The van der Waals surface area contributed by atoms with E-state index in [9.17, 15) is 22.8 Å². The topological polar surface area (TPSA) is 68.5 Å². The summed E-state index contributed by atoms with van der Waals surface area (Å²) in [5, 5.41) is 2.44. The van der Waals surface area contributed by atoms with Crippen molar-refractivity contribution in [2.45, 2.75) is 19.2 Å². The Balaban J connectivity index is 1.79. The summed E-state index contributed by atoms with van der Waals surface area (Å²) in [6, 6.07) is 7.87. The Kier molecular flexibility index (Phi) is 5.62. The Morgan fingerprint density at radius 3 is 2.54 bits per heavy atom. The molecule has 2 rings (SSSR count). The van der Waals surface area contributed by atoms with Crippen molar-refractivity contribution < 1.29 is 31.9 Å². The first kappa shape index (κ1) is 17.6. The van der Waals surface area contributed by atoms with E-state index in [2.05, 4.69) is 5.32 Å². The Morgan fingerprint density at radius 1 is 1.12 bits per heavy atom. The highest BCUT2D eigenvalue weighted by molar-refractivity contribution is 5.91. The second-order valence-corrected chi connectivity index (χ2v) is 4.80. The van der Waals surface area contributed by atoms with E-state index in [1.807, 2.05) is 0 Å². The number of esters is 1. The predicted molar refractivity (Wildman–Crippen MR) is 76.9 cm³/mol. The molecule has 128 valence electrons. The number of hydrogen-bond acceptors (Lipinski definition) is 4. The van der Waals surface area contributed by atoms with Crippen LogP contribution >= 0.6 is 0 Å². The highest BCUT2D eigenvalue weighted by atomic mass is 19.4. The van der Waals surface area contributed by atoms with Crippen LogP contribution < -0.4 is 5.32 Å². The van der Waals surface area contributed by atoms with Crippen molar-refractivity contribution in [2.24, 2.45) is 0 Å². The van der Waals surface area contributed by atoms with Gasteiger partial charge in [-0.2, -0.15) is 13.2 Å². The summed E-state index contributed by atoms with van der Waals surface area (Å²) in [6.45, 7) is -0.500. The van der Waals surface area contributed by atoms with E-state index in [1.54, 1.807) is 6.07 Å². The average Bonchev–Trinajstić information content (AvgIpc) is 3.07. The molecule has 0 fully saturated rings. The summed E-state index contributed by atoms with van der Waals surface area (Å²) in [5.41, 5.74) is -0.970. The van der Waals surface area contributed by atoms with Crippen molar-refractivity contribution in [3.8, 4) is 0 Å². The number of ether oxygens (including phenoxy) is 1. The Hall–Kier alpha value is -2.77. The summed E-state index contributed by atoms with van der Waals surface area (Å²) < 4.78 is 48.1. The largest absolute Gasteiger partial charge is 0.461 e. The molecule has 1 amide bonds. The summed E-state index contributed by atoms with van der Waals surface area (Å²) in [6.07, 6.45) is -3.35. The van der Waals surface area contributed by atoms with Crippen LogP contribution in [0.15, 0.2) is 47.1 Å². The summed E-state index contributed by atoms with van der Waals surface area (Å²) >= 11 is 0. The molecule has 2 aromatic rings. The number of hydrogen-bond donors (Lipinski definition) is 1. The molecule has 0 saturated heterocycles. The third kappa shape index (κ3) is 4.87. The predicted octanol–water partition coefficient (Wildman–Crippen LogP) is 3.16. The lowest BCUT2D eigenvalue weighted by Gasteiger charge is -2.12. The number of benzene rings is 1. The van der Waals surface area contributed by atoms with E-state index >= 15 is 0 Å². The second-order valence-electron chi connectivity index (χ2n) is 4.80. The van der Waals surface area contributed by atoms with E-state index in [4.69, 9.17) is 9.15 Å². The van der Waals surface area contributed by atoms with Gasteiger partial charge < -0.3 is 14.5 Å². The minimum absolute atomic E-state index is 0.0146. The fourth-order valence-corrected chi connectivity index (χ4v) is 1.93. The zero-order chi connectivity index (χ0) is 17.6. The SMILES string of the molecule is O=C(CCNC(=O)c1ccco1)OCc1ccccc1C(F)(F)F. The molecule has 1 heterocycles. The first-order valence-corrected chi connectivity index (χ1v) is 7.00. The number of furan rings is 1. The van der Waals surface area contributed by atoms with E-state index in [0.717, 1.165) is 6.07 Å². The Bertz CT molecular complexity index is 696. The number of carbonyl (C=O) groups excluding carboxylic acids is 2. The molecule has 0 aliphatic heterocycles. The normalized spacial score (nSPS) is 11.1. The quantitative estimate of drug-likeness (QED) is 0.820. The molecule has 24 heavy (non-hydrogen) atoms.